The van der Waals surface area contributed by atoms with E-state index >= 15 is 0 Å². The lowest BCUT2D eigenvalue weighted by Gasteiger charge is -2.19. The molecule has 0 amide bonds. The number of fused-ring (bicyclic) bond motifs is 2. The normalized spacial score (nSPS) is 13.9. The highest BCUT2D eigenvalue weighted by Crippen LogP contribution is 2.28. The molecule has 0 saturated carbocycles. The van der Waals surface area contributed by atoms with Crippen molar-refractivity contribution in [1.29, 1.82) is 0 Å². The summed E-state index contributed by atoms with van der Waals surface area (Å²) in [5.74, 6) is 0. The van der Waals surface area contributed by atoms with E-state index in [1.165, 1.54) is 10.9 Å². The molecule has 3 heterocycles. The Morgan fingerprint density at radius 3 is 2.90 bits per heavy atom. The van der Waals surface area contributed by atoms with Gasteiger partial charge >= 0.3 is 0 Å². The molecule has 0 aliphatic carbocycles. The summed E-state index contributed by atoms with van der Waals surface area (Å²) >= 11 is 5.45. The Balaban J connectivity index is 1.73. The van der Waals surface area contributed by atoms with Crippen LogP contribution < -0.4 is 10.5 Å². The first-order valence-electron chi connectivity index (χ1n) is 6.79. The smallest absolute Gasteiger partial charge is 0.253 e. The van der Waals surface area contributed by atoms with E-state index in [1.54, 1.807) is 6.20 Å². The molecule has 1 aliphatic rings. The molecule has 0 bridgehead atoms. The van der Waals surface area contributed by atoms with Gasteiger partial charge in [-0.2, -0.15) is 0 Å². The molecule has 2 aromatic heterocycles. The number of anilines is 1. The lowest BCUT2D eigenvalue weighted by molar-refractivity contribution is 1.02. The Morgan fingerprint density at radius 2 is 2.00 bits per heavy atom. The molecule has 4 rings (SSSR count). The zero-order chi connectivity index (χ0) is 14.4. The van der Waals surface area contributed by atoms with Crippen molar-refractivity contribution < 1.29 is 0 Å². The Morgan fingerprint density at radius 1 is 1.14 bits per heavy atom. The Labute approximate surface area is 126 Å². The van der Waals surface area contributed by atoms with E-state index in [1.807, 2.05) is 17.2 Å². The van der Waals surface area contributed by atoms with Crippen molar-refractivity contribution >= 4 is 33.8 Å². The molecule has 0 spiro atoms. The molecule has 0 saturated heterocycles. The van der Waals surface area contributed by atoms with Gasteiger partial charge in [0.05, 0.1) is 10.7 Å². The third-order valence-electron chi connectivity index (χ3n) is 3.92. The largest absolute Gasteiger partial charge is 0.361 e. The maximum atomic E-state index is 11.8. The van der Waals surface area contributed by atoms with E-state index in [2.05, 4.69) is 34.2 Å². The minimum Gasteiger partial charge on any atom is -0.361 e. The van der Waals surface area contributed by atoms with Crippen LogP contribution >= 0.6 is 12.2 Å². The topological polar surface area (TPSA) is 51.9 Å². The Kier molecular flexibility index (Phi) is 2.68. The molecule has 5 heteroatoms. The zero-order valence-corrected chi connectivity index (χ0v) is 12.0. The number of thiocarbonyl (C=S) groups is 1. The second-order valence-electron chi connectivity index (χ2n) is 5.23. The van der Waals surface area contributed by atoms with E-state index in [0.29, 0.717) is 13.0 Å². The van der Waals surface area contributed by atoms with E-state index in [9.17, 15) is 4.79 Å². The standard InChI is InChI=1S/C16H13N3OS/c20-16-12-8-15(21)19(14(12)4-6-18-16)9-10-1-2-11-3-5-17-13(11)7-10/h1-7,17H,8-9H2,(H,18,20). The van der Waals surface area contributed by atoms with Crippen LogP contribution in [0.25, 0.3) is 10.9 Å². The number of H-pyrrole nitrogens is 2. The van der Waals surface area contributed by atoms with Gasteiger partial charge in [0, 0.05) is 36.4 Å². The molecule has 0 unspecified atom stereocenters. The molecule has 2 N–H and O–H groups in total. The van der Waals surface area contributed by atoms with Gasteiger partial charge in [0.2, 0.25) is 0 Å². The quantitative estimate of drug-likeness (QED) is 0.715. The fraction of sp³-hybridized carbons (Fsp3) is 0.125. The zero-order valence-electron chi connectivity index (χ0n) is 11.2. The van der Waals surface area contributed by atoms with Gasteiger partial charge in [-0.3, -0.25) is 4.79 Å². The molecule has 21 heavy (non-hydrogen) atoms. The van der Waals surface area contributed by atoms with Gasteiger partial charge in [-0.1, -0.05) is 24.4 Å². The predicted molar refractivity (Wildman–Crippen MR) is 87.8 cm³/mol. The number of hydrogen-bond donors (Lipinski definition) is 2. The van der Waals surface area contributed by atoms with Crippen LogP contribution in [-0.4, -0.2) is 15.0 Å². The number of nitrogens with zero attached hydrogens (tertiary/aromatic N) is 1. The first-order valence-corrected chi connectivity index (χ1v) is 7.20. The molecule has 0 radical (unpaired) electrons. The molecule has 0 fully saturated rings. The molecule has 0 atom stereocenters. The van der Waals surface area contributed by atoms with Gasteiger partial charge in [-0.25, -0.2) is 0 Å². The Hall–Kier alpha value is -2.40. The number of pyridine rings is 1. The predicted octanol–water partition coefficient (Wildman–Crippen LogP) is 2.75. The molecular weight excluding hydrogens is 282 g/mol. The van der Waals surface area contributed by atoms with Gasteiger partial charge in [0.15, 0.2) is 0 Å². The average molecular weight is 295 g/mol. The van der Waals surface area contributed by atoms with Gasteiger partial charge in [-0.05, 0) is 29.1 Å². The first-order chi connectivity index (χ1) is 10.2. The van der Waals surface area contributed by atoms with Crippen molar-refractivity contribution in [3.8, 4) is 0 Å². The highest BCUT2D eigenvalue weighted by Gasteiger charge is 2.26. The van der Waals surface area contributed by atoms with Gasteiger partial charge in [0.1, 0.15) is 0 Å². The SMILES string of the molecule is O=c1[nH]ccc2c1CC(=S)N2Cc1ccc2cc[nH]c2c1. The van der Waals surface area contributed by atoms with Crippen molar-refractivity contribution in [2.75, 3.05) is 4.90 Å². The summed E-state index contributed by atoms with van der Waals surface area (Å²) in [4.78, 5) is 20.6. The summed E-state index contributed by atoms with van der Waals surface area (Å²) in [7, 11) is 0. The van der Waals surface area contributed by atoms with Crippen molar-refractivity contribution in [1.82, 2.24) is 9.97 Å². The van der Waals surface area contributed by atoms with Crippen molar-refractivity contribution in [2.24, 2.45) is 0 Å². The van der Waals surface area contributed by atoms with Crippen molar-refractivity contribution in [2.45, 2.75) is 13.0 Å². The lowest BCUT2D eigenvalue weighted by Crippen LogP contribution is -2.24. The van der Waals surface area contributed by atoms with Gasteiger partial charge < -0.3 is 14.9 Å². The summed E-state index contributed by atoms with van der Waals surface area (Å²) in [5, 5.41) is 1.19. The number of hydrogen-bond acceptors (Lipinski definition) is 2. The molecule has 4 nitrogen and oxygen atoms in total. The second kappa shape index (κ2) is 4.56. The molecule has 1 aliphatic heterocycles. The van der Waals surface area contributed by atoms with E-state index in [-0.39, 0.29) is 5.56 Å². The number of aromatic nitrogens is 2. The molecule has 3 aromatic rings. The van der Waals surface area contributed by atoms with Crippen LogP contribution in [0.4, 0.5) is 5.69 Å². The summed E-state index contributed by atoms with van der Waals surface area (Å²) in [5.41, 5.74) is 3.93. The van der Waals surface area contributed by atoms with Crippen molar-refractivity contribution in [3.63, 3.8) is 0 Å². The van der Waals surface area contributed by atoms with Crippen LogP contribution in [0.1, 0.15) is 11.1 Å². The molecular formula is C16H13N3OS. The van der Waals surface area contributed by atoms with E-state index in [4.69, 9.17) is 12.2 Å². The maximum Gasteiger partial charge on any atom is 0.253 e. The van der Waals surface area contributed by atoms with Gasteiger partial charge in [0.25, 0.3) is 5.56 Å². The highest BCUT2D eigenvalue weighted by molar-refractivity contribution is 7.80. The van der Waals surface area contributed by atoms with E-state index < -0.39 is 0 Å². The monoisotopic (exact) mass is 295 g/mol. The second-order valence-corrected chi connectivity index (χ2v) is 5.70. The van der Waals surface area contributed by atoms with Crippen molar-refractivity contribution in [3.05, 3.63) is 64.2 Å². The van der Waals surface area contributed by atoms with Crippen LogP contribution in [0.15, 0.2) is 47.5 Å². The van der Waals surface area contributed by atoms with Crippen LogP contribution in [0.2, 0.25) is 0 Å². The number of rotatable bonds is 2. The highest BCUT2D eigenvalue weighted by atomic mass is 32.1. The number of benzene rings is 1. The molecule has 1 aromatic carbocycles. The average Bonchev–Trinajstić information content (AvgIpc) is 3.05. The van der Waals surface area contributed by atoms with E-state index in [0.717, 1.165) is 21.8 Å². The van der Waals surface area contributed by atoms with Crippen LogP contribution in [0.3, 0.4) is 0 Å². The lowest BCUT2D eigenvalue weighted by atomic mass is 10.1. The first kappa shape index (κ1) is 12.3. The summed E-state index contributed by atoms with van der Waals surface area (Å²) in [6.07, 6.45) is 4.16. The maximum absolute atomic E-state index is 11.8. The number of nitrogens with one attached hydrogen (secondary N) is 2. The number of aromatic amines is 2. The van der Waals surface area contributed by atoms with Crippen LogP contribution in [-0.2, 0) is 13.0 Å². The van der Waals surface area contributed by atoms with Crippen LogP contribution in [0.5, 0.6) is 0 Å². The van der Waals surface area contributed by atoms with Crippen LogP contribution in [0, 0.1) is 0 Å². The summed E-state index contributed by atoms with van der Waals surface area (Å²) < 4.78 is 0. The fourth-order valence-corrected chi connectivity index (χ4v) is 3.16. The third-order valence-corrected chi connectivity index (χ3v) is 4.28. The summed E-state index contributed by atoms with van der Waals surface area (Å²) in [6, 6.07) is 10.3. The minimum atomic E-state index is -0.0443. The minimum absolute atomic E-state index is 0.0443. The molecule has 104 valence electrons. The third kappa shape index (κ3) is 1.97. The fourth-order valence-electron chi connectivity index (χ4n) is 2.85. The Bertz CT molecular complexity index is 909. The van der Waals surface area contributed by atoms with Gasteiger partial charge in [-0.15, -0.1) is 0 Å². The summed E-state index contributed by atoms with van der Waals surface area (Å²) in [6.45, 7) is 0.685.